The molecule has 130 valence electrons. The first-order valence-electron chi connectivity index (χ1n) is 7.61. The van der Waals surface area contributed by atoms with Gasteiger partial charge >= 0.3 is 0 Å². The van der Waals surface area contributed by atoms with Crippen molar-refractivity contribution in [3.8, 4) is 0 Å². The van der Waals surface area contributed by atoms with Gasteiger partial charge < -0.3 is 15.8 Å². The molecule has 0 amide bonds. The van der Waals surface area contributed by atoms with Crippen LogP contribution in [0.5, 0.6) is 0 Å². The highest BCUT2D eigenvalue weighted by atomic mass is 32.2. The second kappa shape index (κ2) is 10.2. The van der Waals surface area contributed by atoms with Gasteiger partial charge in [0.25, 0.3) is 0 Å². The van der Waals surface area contributed by atoms with Gasteiger partial charge in [0.05, 0.1) is 18.0 Å². The lowest BCUT2D eigenvalue weighted by molar-refractivity contribution is 0.204. The maximum absolute atomic E-state index is 12.1. The first-order chi connectivity index (χ1) is 11.0. The van der Waals surface area contributed by atoms with E-state index in [4.69, 9.17) is 10.5 Å². The van der Waals surface area contributed by atoms with Crippen LogP contribution in [-0.4, -0.2) is 41.2 Å². The van der Waals surface area contributed by atoms with Crippen LogP contribution in [0, 0.1) is 0 Å². The maximum atomic E-state index is 12.1. The minimum absolute atomic E-state index is 0.207. The molecule has 1 rings (SSSR count). The number of aliphatic imine (C=N–C) groups is 1. The van der Waals surface area contributed by atoms with Crippen LogP contribution in [0.2, 0.25) is 0 Å². The van der Waals surface area contributed by atoms with Crippen molar-refractivity contribution in [2.45, 2.75) is 31.2 Å². The molecule has 0 saturated heterocycles. The van der Waals surface area contributed by atoms with Crippen molar-refractivity contribution in [2.75, 3.05) is 26.8 Å². The van der Waals surface area contributed by atoms with Gasteiger partial charge in [0.2, 0.25) is 10.0 Å². The topological polar surface area (TPSA) is 106 Å². The second-order valence-corrected chi connectivity index (χ2v) is 6.79. The summed E-state index contributed by atoms with van der Waals surface area (Å²) in [5.74, 6) is 0.366. The lowest BCUT2D eigenvalue weighted by Crippen LogP contribution is -2.32. The number of methoxy groups -OCH3 is 1. The number of nitrogens with two attached hydrogens (primary N) is 1. The van der Waals surface area contributed by atoms with Crippen molar-refractivity contribution in [2.24, 2.45) is 10.7 Å². The smallest absolute Gasteiger partial charge is 0.240 e. The number of nitrogens with one attached hydrogen (secondary N) is 2. The minimum atomic E-state index is -3.54. The van der Waals surface area contributed by atoms with Crippen LogP contribution in [0.25, 0.3) is 0 Å². The van der Waals surface area contributed by atoms with Crippen LogP contribution < -0.4 is 15.8 Å². The Labute approximate surface area is 138 Å². The van der Waals surface area contributed by atoms with Gasteiger partial charge in [-0.2, -0.15) is 0 Å². The van der Waals surface area contributed by atoms with E-state index in [1.165, 1.54) is 7.11 Å². The number of unbranched alkanes of at least 4 members (excludes halogenated alkanes) is 1. The van der Waals surface area contributed by atoms with Crippen LogP contribution in [0.4, 0.5) is 0 Å². The third kappa shape index (κ3) is 7.45. The predicted molar refractivity (Wildman–Crippen MR) is 91.7 cm³/mol. The fraction of sp³-hybridized carbons (Fsp3) is 0.533. The molecule has 0 atom stereocenters. The Kier molecular flexibility index (Phi) is 8.60. The molecular weight excluding hydrogens is 316 g/mol. The van der Waals surface area contributed by atoms with Crippen molar-refractivity contribution in [3.05, 3.63) is 29.8 Å². The summed E-state index contributed by atoms with van der Waals surface area (Å²) in [5.41, 5.74) is 6.54. The molecule has 0 heterocycles. The normalized spacial score (nSPS) is 12.3. The zero-order valence-electron chi connectivity index (χ0n) is 13.7. The van der Waals surface area contributed by atoms with E-state index in [0.29, 0.717) is 19.1 Å². The Morgan fingerprint density at radius 2 is 2.13 bits per heavy atom. The summed E-state index contributed by atoms with van der Waals surface area (Å²) >= 11 is 0. The van der Waals surface area contributed by atoms with Gasteiger partial charge in [-0.25, -0.2) is 18.1 Å². The van der Waals surface area contributed by atoms with Gasteiger partial charge in [-0.05, 0) is 24.1 Å². The average molecular weight is 342 g/mol. The van der Waals surface area contributed by atoms with Crippen LogP contribution in [0.3, 0.4) is 0 Å². The summed E-state index contributed by atoms with van der Waals surface area (Å²) in [4.78, 5) is 4.42. The zero-order valence-corrected chi connectivity index (χ0v) is 14.5. The number of sulfonamides is 1. The minimum Gasteiger partial charge on any atom is -0.383 e. The van der Waals surface area contributed by atoms with Gasteiger partial charge in [-0.15, -0.1) is 0 Å². The molecule has 0 saturated carbocycles. The first-order valence-corrected chi connectivity index (χ1v) is 9.09. The maximum Gasteiger partial charge on any atom is 0.240 e. The highest BCUT2D eigenvalue weighted by molar-refractivity contribution is 7.89. The quantitative estimate of drug-likeness (QED) is 0.331. The molecule has 0 unspecified atom stereocenters. The summed E-state index contributed by atoms with van der Waals surface area (Å²) in [6.07, 6.45) is 2.10. The van der Waals surface area contributed by atoms with Crippen molar-refractivity contribution >= 4 is 16.0 Å². The number of rotatable bonds is 10. The van der Waals surface area contributed by atoms with E-state index >= 15 is 0 Å². The molecule has 0 aliphatic rings. The van der Waals surface area contributed by atoms with Crippen molar-refractivity contribution in [1.29, 1.82) is 0 Å². The van der Waals surface area contributed by atoms with Crippen molar-refractivity contribution in [1.82, 2.24) is 10.0 Å². The monoisotopic (exact) mass is 342 g/mol. The molecule has 0 fully saturated rings. The second-order valence-electron chi connectivity index (χ2n) is 5.02. The van der Waals surface area contributed by atoms with Crippen molar-refractivity contribution in [3.63, 3.8) is 0 Å². The van der Waals surface area contributed by atoms with E-state index in [9.17, 15) is 8.42 Å². The number of ether oxygens (including phenoxy) is 1. The number of nitrogens with zero attached hydrogens (tertiary/aromatic N) is 1. The van der Waals surface area contributed by atoms with Gasteiger partial charge in [0, 0.05) is 20.2 Å². The molecule has 1 aromatic rings. The number of benzene rings is 1. The molecule has 0 aliphatic carbocycles. The van der Waals surface area contributed by atoms with Gasteiger partial charge in [-0.3, -0.25) is 0 Å². The number of guanidine groups is 1. The summed E-state index contributed by atoms with van der Waals surface area (Å²) < 4.78 is 31.6. The van der Waals surface area contributed by atoms with E-state index in [0.717, 1.165) is 24.9 Å². The fourth-order valence-corrected chi connectivity index (χ4v) is 2.88. The Bertz CT molecular complexity index is 602. The molecule has 0 spiro atoms. The highest BCUT2D eigenvalue weighted by Crippen LogP contribution is 2.12. The molecule has 23 heavy (non-hydrogen) atoms. The third-order valence-corrected chi connectivity index (χ3v) is 4.53. The molecule has 0 radical (unpaired) electrons. The van der Waals surface area contributed by atoms with Crippen LogP contribution >= 0.6 is 0 Å². The van der Waals surface area contributed by atoms with E-state index in [1.807, 2.05) is 6.07 Å². The molecular formula is C15H26N4O3S. The standard InChI is InChI=1S/C15H26N4O3S/c1-3-4-8-17-15(16)18-12-13-6-5-7-14(11-13)23(20,21)19-9-10-22-2/h5-7,11,19H,3-4,8-10,12H2,1-2H3,(H3,16,17,18). The molecule has 8 heteroatoms. The lowest BCUT2D eigenvalue weighted by Gasteiger charge is -2.08. The van der Waals surface area contributed by atoms with Crippen molar-refractivity contribution < 1.29 is 13.2 Å². The molecule has 1 aromatic carbocycles. The Balaban J connectivity index is 2.67. The van der Waals surface area contributed by atoms with E-state index in [2.05, 4.69) is 22.0 Å². The molecule has 0 aromatic heterocycles. The molecule has 7 nitrogen and oxygen atoms in total. The summed E-state index contributed by atoms with van der Waals surface area (Å²) in [6, 6.07) is 6.65. The summed E-state index contributed by atoms with van der Waals surface area (Å²) in [7, 11) is -2.02. The summed E-state index contributed by atoms with van der Waals surface area (Å²) in [6.45, 7) is 3.76. The van der Waals surface area contributed by atoms with Gasteiger partial charge in [0.1, 0.15) is 0 Å². The van der Waals surface area contributed by atoms with Crippen LogP contribution in [0.1, 0.15) is 25.3 Å². The fourth-order valence-electron chi connectivity index (χ4n) is 1.80. The van der Waals surface area contributed by atoms with Gasteiger partial charge in [0.15, 0.2) is 5.96 Å². The Morgan fingerprint density at radius 1 is 1.35 bits per heavy atom. The Morgan fingerprint density at radius 3 is 2.83 bits per heavy atom. The highest BCUT2D eigenvalue weighted by Gasteiger charge is 2.13. The molecule has 0 aliphatic heterocycles. The lowest BCUT2D eigenvalue weighted by atomic mass is 10.2. The summed E-state index contributed by atoms with van der Waals surface area (Å²) in [5, 5.41) is 3.02. The van der Waals surface area contributed by atoms with Crippen LogP contribution in [-0.2, 0) is 21.3 Å². The first kappa shape index (κ1) is 19.4. The predicted octanol–water partition coefficient (Wildman–Crippen LogP) is 0.816. The molecule has 0 bridgehead atoms. The van der Waals surface area contributed by atoms with E-state index in [1.54, 1.807) is 18.2 Å². The van der Waals surface area contributed by atoms with Gasteiger partial charge in [-0.1, -0.05) is 25.5 Å². The average Bonchev–Trinajstić information content (AvgIpc) is 2.54. The Hall–Kier alpha value is -1.64. The molecule has 4 N–H and O–H groups in total. The zero-order chi connectivity index (χ0) is 17.1. The largest absolute Gasteiger partial charge is 0.383 e. The number of hydrogen-bond donors (Lipinski definition) is 3. The van der Waals surface area contributed by atoms with E-state index in [-0.39, 0.29) is 11.4 Å². The number of hydrogen-bond acceptors (Lipinski definition) is 4. The van der Waals surface area contributed by atoms with E-state index < -0.39 is 10.0 Å². The van der Waals surface area contributed by atoms with Crippen LogP contribution in [0.15, 0.2) is 34.2 Å². The SMILES string of the molecule is CCCCNC(N)=NCc1cccc(S(=O)(=O)NCCOC)c1. The third-order valence-electron chi connectivity index (χ3n) is 3.08.